The minimum atomic E-state index is -3.02. The van der Waals surface area contributed by atoms with Gasteiger partial charge in [-0.05, 0) is 40.5 Å². The van der Waals surface area contributed by atoms with E-state index in [1.165, 1.54) is 0 Å². The Kier molecular flexibility index (Phi) is 4.16. The molecule has 3 nitrogen and oxygen atoms in total. The summed E-state index contributed by atoms with van der Waals surface area (Å²) in [6, 6.07) is 0. The Bertz CT molecular complexity index is 273. The van der Waals surface area contributed by atoms with E-state index in [9.17, 15) is 8.42 Å². The molecule has 0 bridgehead atoms. The summed E-state index contributed by atoms with van der Waals surface area (Å²) in [4.78, 5) is 0. The van der Waals surface area contributed by atoms with Crippen molar-refractivity contribution in [1.82, 2.24) is 0 Å². The molecule has 0 spiro atoms. The Labute approximate surface area is 88.0 Å². The van der Waals surface area contributed by atoms with Crippen LogP contribution < -0.4 is 5.73 Å². The first-order valence-corrected chi connectivity index (χ1v) is 6.68. The second kappa shape index (κ2) is 4.19. The number of rotatable bonds is 4. The lowest BCUT2D eigenvalue weighted by Gasteiger charge is -2.25. The maximum Gasteiger partial charge on any atom is 0.155 e. The minimum absolute atomic E-state index is 0.178. The monoisotopic (exact) mass is 221 g/mol. The predicted molar refractivity (Wildman–Crippen MR) is 61.0 cm³/mol. The van der Waals surface area contributed by atoms with Crippen molar-refractivity contribution in [2.45, 2.75) is 57.7 Å². The molecule has 0 amide bonds. The third kappa shape index (κ3) is 3.96. The minimum Gasteiger partial charge on any atom is -0.325 e. The molecule has 0 aliphatic rings. The van der Waals surface area contributed by atoms with Gasteiger partial charge in [-0.25, -0.2) is 8.42 Å². The van der Waals surface area contributed by atoms with Crippen LogP contribution >= 0.6 is 0 Å². The summed E-state index contributed by atoms with van der Waals surface area (Å²) >= 11 is 0. The van der Waals surface area contributed by atoms with Gasteiger partial charge >= 0.3 is 0 Å². The van der Waals surface area contributed by atoms with E-state index in [1.807, 2.05) is 13.8 Å². The van der Waals surface area contributed by atoms with E-state index in [0.29, 0.717) is 6.42 Å². The van der Waals surface area contributed by atoms with Crippen molar-refractivity contribution in [3.63, 3.8) is 0 Å². The van der Waals surface area contributed by atoms with Crippen LogP contribution in [0.5, 0.6) is 0 Å². The van der Waals surface area contributed by atoms with E-state index < -0.39 is 14.6 Å². The van der Waals surface area contributed by atoms with Crippen LogP contribution in [-0.4, -0.2) is 24.5 Å². The number of hydrogen-bond acceptors (Lipinski definition) is 3. The van der Waals surface area contributed by atoms with Gasteiger partial charge in [-0.3, -0.25) is 0 Å². The normalized spacial score (nSPS) is 17.9. The van der Waals surface area contributed by atoms with Gasteiger partial charge in [-0.1, -0.05) is 6.92 Å². The second-order valence-electron chi connectivity index (χ2n) is 5.19. The summed E-state index contributed by atoms with van der Waals surface area (Å²) in [5.41, 5.74) is 5.54. The zero-order valence-electron chi connectivity index (χ0n) is 9.92. The number of sulfone groups is 1. The van der Waals surface area contributed by atoms with E-state index in [0.717, 1.165) is 6.42 Å². The quantitative estimate of drug-likeness (QED) is 0.786. The molecule has 2 N–H and O–H groups in total. The van der Waals surface area contributed by atoms with Crippen molar-refractivity contribution in [2.75, 3.05) is 5.75 Å². The number of nitrogens with two attached hydrogens (primary N) is 1. The number of hydrogen-bond donors (Lipinski definition) is 1. The SMILES string of the molecule is CCC(C)(N)CCS(=O)(=O)C(C)(C)C. The topological polar surface area (TPSA) is 60.2 Å². The van der Waals surface area contributed by atoms with Gasteiger partial charge in [-0.2, -0.15) is 0 Å². The molecule has 0 rings (SSSR count). The summed E-state index contributed by atoms with van der Waals surface area (Å²) < 4.78 is 22.8. The van der Waals surface area contributed by atoms with Crippen LogP contribution in [0, 0.1) is 0 Å². The third-order valence-electron chi connectivity index (χ3n) is 2.68. The van der Waals surface area contributed by atoms with Gasteiger partial charge in [0.05, 0.1) is 10.5 Å². The summed E-state index contributed by atoms with van der Waals surface area (Å²) in [5, 5.41) is 0. The Balaban J connectivity index is 4.43. The van der Waals surface area contributed by atoms with E-state index in [1.54, 1.807) is 20.8 Å². The summed E-state index contributed by atoms with van der Waals surface area (Å²) in [6.45, 7) is 9.04. The molecule has 0 aliphatic heterocycles. The Morgan fingerprint density at radius 1 is 1.14 bits per heavy atom. The van der Waals surface area contributed by atoms with Crippen molar-refractivity contribution in [3.8, 4) is 0 Å². The van der Waals surface area contributed by atoms with Crippen molar-refractivity contribution >= 4 is 9.84 Å². The second-order valence-corrected chi connectivity index (χ2v) is 8.05. The van der Waals surface area contributed by atoms with Crippen LogP contribution in [0.2, 0.25) is 0 Å². The Hall–Kier alpha value is -0.0900. The van der Waals surface area contributed by atoms with Crippen molar-refractivity contribution in [3.05, 3.63) is 0 Å². The molecule has 0 aliphatic carbocycles. The van der Waals surface area contributed by atoms with E-state index in [-0.39, 0.29) is 11.3 Å². The van der Waals surface area contributed by atoms with E-state index in [2.05, 4.69) is 0 Å². The molecule has 0 saturated carbocycles. The summed E-state index contributed by atoms with van der Waals surface area (Å²) in [5.74, 6) is 0.178. The lowest BCUT2D eigenvalue weighted by molar-refractivity contribution is 0.433. The first-order valence-electron chi connectivity index (χ1n) is 5.03. The molecule has 1 atom stereocenters. The van der Waals surface area contributed by atoms with Gasteiger partial charge in [0.25, 0.3) is 0 Å². The fourth-order valence-corrected chi connectivity index (χ4v) is 2.20. The standard InChI is InChI=1S/C10H23NO2S/c1-6-10(5,11)7-8-14(12,13)9(2,3)4/h6-8,11H2,1-5H3. The molecule has 0 aromatic rings. The van der Waals surface area contributed by atoms with Gasteiger partial charge in [0.15, 0.2) is 9.84 Å². The molecule has 0 radical (unpaired) electrons. The van der Waals surface area contributed by atoms with Gasteiger partial charge in [0.1, 0.15) is 0 Å². The van der Waals surface area contributed by atoms with Gasteiger partial charge in [0.2, 0.25) is 0 Å². The molecule has 0 saturated heterocycles. The van der Waals surface area contributed by atoms with Crippen LogP contribution in [0.15, 0.2) is 0 Å². The van der Waals surface area contributed by atoms with Crippen molar-refractivity contribution < 1.29 is 8.42 Å². The fraction of sp³-hybridized carbons (Fsp3) is 1.00. The highest BCUT2D eigenvalue weighted by Crippen LogP contribution is 2.20. The van der Waals surface area contributed by atoms with E-state index in [4.69, 9.17) is 5.73 Å². The summed E-state index contributed by atoms with van der Waals surface area (Å²) in [7, 11) is -3.02. The van der Waals surface area contributed by atoms with Gasteiger partial charge in [-0.15, -0.1) is 0 Å². The van der Waals surface area contributed by atoms with Gasteiger partial charge in [0, 0.05) is 5.54 Å². The maximum atomic E-state index is 11.8. The average molecular weight is 221 g/mol. The lowest BCUT2D eigenvalue weighted by atomic mass is 9.97. The zero-order valence-corrected chi connectivity index (χ0v) is 10.7. The predicted octanol–water partition coefficient (Wildman–Crippen LogP) is 1.72. The first kappa shape index (κ1) is 13.9. The van der Waals surface area contributed by atoms with Gasteiger partial charge < -0.3 is 5.73 Å². The molecular weight excluding hydrogens is 198 g/mol. The smallest absolute Gasteiger partial charge is 0.155 e. The van der Waals surface area contributed by atoms with E-state index >= 15 is 0 Å². The first-order chi connectivity index (χ1) is 6.02. The largest absolute Gasteiger partial charge is 0.325 e. The van der Waals surface area contributed by atoms with Crippen LogP contribution in [0.1, 0.15) is 47.5 Å². The van der Waals surface area contributed by atoms with Crippen LogP contribution in [-0.2, 0) is 9.84 Å². The zero-order chi connectivity index (χ0) is 11.6. The maximum absolute atomic E-state index is 11.8. The highest BCUT2D eigenvalue weighted by molar-refractivity contribution is 7.92. The molecule has 0 fully saturated rings. The van der Waals surface area contributed by atoms with Crippen molar-refractivity contribution in [2.24, 2.45) is 5.73 Å². The van der Waals surface area contributed by atoms with Crippen molar-refractivity contribution in [1.29, 1.82) is 0 Å². The molecule has 0 aromatic carbocycles. The summed E-state index contributed by atoms with van der Waals surface area (Å²) in [6.07, 6.45) is 1.33. The Morgan fingerprint density at radius 3 is 1.86 bits per heavy atom. The molecule has 0 aromatic heterocycles. The fourth-order valence-electron chi connectivity index (χ4n) is 0.850. The molecule has 4 heteroatoms. The van der Waals surface area contributed by atoms with Crippen LogP contribution in [0.4, 0.5) is 0 Å². The molecule has 0 heterocycles. The molecular formula is C10H23NO2S. The highest BCUT2D eigenvalue weighted by atomic mass is 32.2. The average Bonchev–Trinajstić information content (AvgIpc) is 1.99. The lowest BCUT2D eigenvalue weighted by Crippen LogP contribution is -2.40. The third-order valence-corrected chi connectivity index (χ3v) is 5.29. The highest BCUT2D eigenvalue weighted by Gasteiger charge is 2.30. The Morgan fingerprint density at radius 2 is 1.57 bits per heavy atom. The molecule has 1 unspecified atom stereocenters. The van der Waals surface area contributed by atoms with Crippen LogP contribution in [0.3, 0.4) is 0 Å². The van der Waals surface area contributed by atoms with Crippen LogP contribution in [0.25, 0.3) is 0 Å². The molecule has 14 heavy (non-hydrogen) atoms. The molecule has 86 valence electrons.